The van der Waals surface area contributed by atoms with E-state index in [1.54, 1.807) is 11.8 Å². The largest absolute Gasteiger partial charge is 0.274 e. The smallest absolute Gasteiger partial charge is 0.238 e. The van der Waals surface area contributed by atoms with Crippen molar-refractivity contribution in [3.05, 3.63) is 66.7 Å². The first-order chi connectivity index (χ1) is 12.2. The number of imide groups is 1. The standard InChI is InChI=1S/C21H17NO2S/c23-20-18-13-10-11-14(12-13)19(18)21(24)22(20)16-8-4-5-9-17(16)25-15-6-2-1-3-7-15/h1-11,13-14,18-19H,12H2/t13-,14-,18-,19+/m0/s1. The first-order valence-corrected chi connectivity index (χ1v) is 9.44. The Hall–Kier alpha value is -2.33. The molecule has 1 saturated heterocycles. The molecule has 3 nitrogen and oxygen atoms in total. The molecule has 2 aliphatic carbocycles. The summed E-state index contributed by atoms with van der Waals surface area (Å²) in [7, 11) is 0. The molecule has 2 aromatic rings. The van der Waals surface area contributed by atoms with Crippen LogP contribution >= 0.6 is 11.8 Å². The van der Waals surface area contributed by atoms with Gasteiger partial charge in [-0.25, -0.2) is 4.90 Å². The van der Waals surface area contributed by atoms with Gasteiger partial charge in [0.25, 0.3) is 0 Å². The molecule has 5 rings (SSSR count). The Balaban J connectivity index is 1.52. The van der Waals surface area contributed by atoms with Crippen LogP contribution in [0, 0.1) is 23.7 Å². The lowest BCUT2D eigenvalue weighted by Crippen LogP contribution is -2.33. The van der Waals surface area contributed by atoms with E-state index in [2.05, 4.69) is 12.2 Å². The van der Waals surface area contributed by atoms with Gasteiger partial charge in [-0.2, -0.15) is 0 Å². The number of para-hydroxylation sites is 1. The fraction of sp³-hybridized carbons (Fsp3) is 0.238. The van der Waals surface area contributed by atoms with Crippen molar-refractivity contribution in [2.24, 2.45) is 23.7 Å². The van der Waals surface area contributed by atoms with Gasteiger partial charge < -0.3 is 0 Å². The van der Waals surface area contributed by atoms with Crippen molar-refractivity contribution in [3.63, 3.8) is 0 Å². The van der Waals surface area contributed by atoms with Gasteiger partial charge in [0.15, 0.2) is 0 Å². The van der Waals surface area contributed by atoms with Gasteiger partial charge in [0, 0.05) is 9.79 Å². The second-order valence-corrected chi connectivity index (χ2v) is 8.01. The van der Waals surface area contributed by atoms with Crippen LogP contribution in [0.25, 0.3) is 0 Å². The van der Waals surface area contributed by atoms with Crippen LogP contribution < -0.4 is 4.90 Å². The average molecular weight is 347 g/mol. The lowest BCUT2D eigenvalue weighted by atomic mass is 9.85. The molecule has 2 fully saturated rings. The Kier molecular flexibility index (Phi) is 3.35. The summed E-state index contributed by atoms with van der Waals surface area (Å²) in [4.78, 5) is 29.6. The molecule has 2 aromatic carbocycles. The Morgan fingerprint density at radius 1 is 0.800 bits per heavy atom. The van der Waals surface area contributed by atoms with E-state index in [0.717, 1.165) is 21.9 Å². The monoisotopic (exact) mass is 347 g/mol. The van der Waals surface area contributed by atoms with Gasteiger partial charge in [0.05, 0.1) is 17.5 Å². The zero-order valence-electron chi connectivity index (χ0n) is 13.5. The minimum absolute atomic E-state index is 0.0204. The summed E-state index contributed by atoms with van der Waals surface area (Å²) in [5, 5.41) is 0. The molecule has 0 unspecified atom stereocenters. The summed E-state index contributed by atoms with van der Waals surface area (Å²) in [5.74, 6) is 0.131. The summed E-state index contributed by atoms with van der Waals surface area (Å²) in [5.41, 5.74) is 0.722. The highest BCUT2D eigenvalue weighted by Crippen LogP contribution is 2.54. The van der Waals surface area contributed by atoms with Crippen LogP contribution in [0.4, 0.5) is 5.69 Å². The summed E-state index contributed by atoms with van der Waals surface area (Å²) in [6, 6.07) is 17.7. The van der Waals surface area contributed by atoms with Crippen LogP contribution in [0.15, 0.2) is 76.5 Å². The van der Waals surface area contributed by atoms with E-state index in [-0.39, 0.29) is 35.5 Å². The molecule has 1 saturated carbocycles. The molecule has 3 aliphatic rings. The predicted octanol–water partition coefficient (Wildman–Crippen LogP) is 4.15. The maximum atomic E-state index is 13.1. The summed E-state index contributed by atoms with van der Waals surface area (Å²) >= 11 is 1.59. The van der Waals surface area contributed by atoms with Crippen LogP contribution in [-0.2, 0) is 9.59 Å². The molecule has 0 N–H and O–H groups in total. The number of fused-ring (bicyclic) bond motifs is 5. The topological polar surface area (TPSA) is 37.4 Å². The lowest BCUT2D eigenvalue weighted by molar-refractivity contribution is -0.123. The molecule has 4 atom stereocenters. The fourth-order valence-electron chi connectivity index (χ4n) is 4.48. The first kappa shape index (κ1) is 15.0. The third kappa shape index (κ3) is 2.20. The Morgan fingerprint density at radius 3 is 2.08 bits per heavy atom. The predicted molar refractivity (Wildman–Crippen MR) is 97.2 cm³/mol. The molecule has 2 amide bonds. The molecule has 0 aromatic heterocycles. The molecule has 2 bridgehead atoms. The summed E-state index contributed by atoms with van der Waals surface area (Å²) in [6.07, 6.45) is 5.22. The van der Waals surface area contributed by atoms with Crippen LogP contribution in [0.2, 0.25) is 0 Å². The van der Waals surface area contributed by atoms with Crippen LogP contribution in [0.1, 0.15) is 6.42 Å². The van der Waals surface area contributed by atoms with Gasteiger partial charge in [0.1, 0.15) is 0 Å². The molecule has 0 spiro atoms. The van der Waals surface area contributed by atoms with Crippen molar-refractivity contribution < 1.29 is 9.59 Å². The van der Waals surface area contributed by atoms with E-state index >= 15 is 0 Å². The third-order valence-corrected chi connectivity index (χ3v) is 6.62. The van der Waals surface area contributed by atoms with E-state index in [1.165, 1.54) is 4.90 Å². The van der Waals surface area contributed by atoms with E-state index in [9.17, 15) is 9.59 Å². The number of carbonyl (C=O) groups excluding carboxylic acids is 2. The number of nitrogens with zero attached hydrogens (tertiary/aromatic N) is 1. The number of hydrogen-bond donors (Lipinski definition) is 0. The Labute approximate surface area is 150 Å². The van der Waals surface area contributed by atoms with Gasteiger partial charge in [0.2, 0.25) is 11.8 Å². The van der Waals surface area contributed by atoms with E-state index in [1.807, 2.05) is 54.6 Å². The summed E-state index contributed by atoms with van der Waals surface area (Å²) < 4.78 is 0. The maximum absolute atomic E-state index is 13.1. The normalized spacial score (nSPS) is 29.5. The maximum Gasteiger partial charge on any atom is 0.238 e. The van der Waals surface area contributed by atoms with Gasteiger partial charge >= 0.3 is 0 Å². The van der Waals surface area contributed by atoms with E-state index < -0.39 is 0 Å². The summed E-state index contributed by atoms with van der Waals surface area (Å²) in [6.45, 7) is 0. The molecule has 1 heterocycles. The average Bonchev–Trinajstić information content (AvgIpc) is 3.31. The Morgan fingerprint density at radius 2 is 1.40 bits per heavy atom. The van der Waals surface area contributed by atoms with Gasteiger partial charge in [-0.15, -0.1) is 0 Å². The molecule has 124 valence electrons. The Bertz CT molecular complexity index is 862. The zero-order chi connectivity index (χ0) is 17.0. The highest BCUT2D eigenvalue weighted by molar-refractivity contribution is 7.99. The van der Waals surface area contributed by atoms with Crippen molar-refractivity contribution >= 4 is 29.3 Å². The van der Waals surface area contributed by atoms with Crippen LogP contribution in [0.5, 0.6) is 0 Å². The highest BCUT2D eigenvalue weighted by atomic mass is 32.2. The van der Waals surface area contributed by atoms with E-state index in [4.69, 9.17) is 0 Å². The number of allylic oxidation sites excluding steroid dienone is 2. The first-order valence-electron chi connectivity index (χ1n) is 8.62. The minimum Gasteiger partial charge on any atom is -0.274 e. The molecule has 0 radical (unpaired) electrons. The highest BCUT2D eigenvalue weighted by Gasteiger charge is 2.59. The van der Waals surface area contributed by atoms with Crippen molar-refractivity contribution in [2.45, 2.75) is 16.2 Å². The number of amides is 2. The van der Waals surface area contributed by atoms with Gasteiger partial charge in [-0.3, -0.25) is 9.59 Å². The fourth-order valence-corrected chi connectivity index (χ4v) is 5.44. The number of benzene rings is 2. The van der Waals surface area contributed by atoms with Crippen molar-refractivity contribution in [2.75, 3.05) is 4.90 Å². The zero-order valence-corrected chi connectivity index (χ0v) is 14.4. The third-order valence-electron chi connectivity index (χ3n) is 5.55. The second-order valence-electron chi connectivity index (χ2n) is 6.89. The lowest BCUT2D eigenvalue weighted by Gasteiger charge is -2.20. The molecular weight excluding hydrogens is 330 g/mol. The molecule has 25 heavy (non-hydrogen) atoms. The van der Waals surface area contributed by atoms with E-state index in [0.29, 0.717) is 0 Å². The molecule has 4 heteroatoms. The quantitative estimate of drug-likeness (QED) is 0.618. The van der Waals surface area contributed by atoms with Crippen molar-refractivity contribution in [3.8, 4) is 0 Å². The number of anilines is 1. The molecule has 1 aliphatic heterocycles. The SMILES string of the molecule is O=C1[C@@H]2[C@H](C(=O)N1c1ccccc1Sc1ccccc1)[C@H]1C=C[C@H]2C1. The number of hydrogen-bond acceptors (Lipinski definition) is 3. The van der Waals surface area contributed by atoms with Crippen molar-refractivity contribution in [1.29, 1.82) is 0 Å². The number of carbonyl (C=O) groups is 2. The van der Waals surface area contributed by atoms with Crippen LogP contribution in [-0.4, -0.2) is 11.8 Å². The van der Waals surface area contributed by atoms with Gasteiger partial charge in [-0.1, -0.05) is 54.2 Å². The van der Waals surface area contributed by atoms with Crippen LogP contribution in [0.3, 0.4) is 0 Å². The van der Waals surface area contributed by atoms with Gasteiger partial charge in [-0.05, 0) is 42.5 Å². The second kappa shape index (κ2) is 5.60. The molecular formula is C21H17NO2S. The van der Waals surface area contributed by atoms with Crippen molar-refractivity contribution in [1.82, 2.24) is 0 Å². The minimum atomic E-state index is -0.155. The number of rotatable bonds is 3.